The molecule has 0 saturated heterocycles. The maximum absolute atomic E-state index is 6.23. The Hall–Kier alpha value is -1.52. The Morgan fingerprint density at radius 3 is 3.05 bits per heavy atom. The molecule has 0 aliphatic heterocycles. The van der Waals surface area contributed by atoms with E-state index in [1.807, 2.05) is 29.0 Å². The van der Waals surface area contributed by atoms with E-state index in [1.54, 1.807) is 12.5 Å². The summed E-state index contributed by atoms with van der Waals surface area (Å²) in [7, 11) is 0. The largest absolute Gasteiger partial charge is 0.490 e. The van der Waals surface area contributed by atoms with Crippen molar-refractivity contribution in [2.24, 2.45) is 0 Å². The van der Waals surface area contributed by atoms with Crippen LogP contribution in [-0.4, -0.2) is 22.7 Å². The third-order valence-electron chi connectivity index (χ3n) is 2.95. The molecule has 0 unspecified atom stereocenters. The predicted octanol–water partition coefficient (Wildman–Crippen LogP) is 3.12. The number of para-hydroxylation sites is 1. The Balaban J connectivity index is 1.94. The van der Waals surface area contributed by atoms with Crippen LogP contribution in [0.2, 0.25) is 5.02 Å². The van der Waals surface area contributed by atoms with Crippen molar-refractivity contribution >= 4 is 11.6 Å². The maximum atomic E-state index is 6.23. The van der Waals surface area contributed by atoms with Crippen molar-refractivity contribution in [2.45, 2.75) is 26.4 Å². The Labute approximate surface area is 124 Å². The molecule has 108 valence electrons. The van der Waals surface area contributed by atoms with Crippen molar-refractivity contribution in [3.63, 3.8) is 0 Å². The maximum Gasteiger partial charge on any atom is 0.142 e. The Bertz CT molecular complexity index is 514. The molecule has 0 bridgehead atoms. The monoisotopic (exact) mass is 293 g/mol. The summed E-state index contributed by atoms with van der Waals surface area (Å²) < 4.78 is 7.83. The molecule has 2 aromatic rings. The van der Waals surface area contributed by atoms with E-state index in [2.05, 4.69) is 17.2 Å². The molecule has 0 radical (unpaired) electrons. The summed E-state index contributed by atoms with van der Waals surface area (Å²) >= 11 is 6.23. The zero-order valence-electron chi connectivity index (χ0n) is 11.7. The molecule has 0 aliphatic carbocycles. The fraction of sp³-hybridized carbons (Fsp3) is 0.400. The summed E-state index contributed by atoms with van der Waals surface area (Å²) in [6.07, 6.45) is 6.56. The van der Waals surface area contributed by atoms with Crippen LogP contribution in [0.3, 0.4) is 0 Å². The number of nitrogens with one attached hydrogen (secondary N) is 1. The number of imidazole rings is 1. The van der Waals surface area contributed by atoms with Crippen LogP contribution < -0.4 is 10.1 Å². The second-order valence-corrected chi connectivity index (χ2v) is 4.96. The fourth-order valence-corrected chi connectivity index (χ4v) is 2.17. The number of benzene rings is 1. The van der Waals surface area contributed by atoms with Crippen LogP contribution in [0, 0.1) is 0 Å². The molecule has 0 amide bonds. The Morgan fingerprint density at radius 2 is 2.30 bits per heavy atom. The van der Waals surface area contributed by atoms with Gasteiger partial charge in [0, 0.05) is 24.5 Å². The lowest BCUT2D eigenvalue weighted by atomic mass is 10.2. The van der Waals surface area contributed by atoms with Gasteiger partial charge in [-0.05, 0) is 19.0 Å². The van der Waals surface area contributed by atoms with Crippen LogP contribution in [0.4, 0.5) is 0 Å². The highest BCUT2D eigenvalue weighted by molar-refractivity contribution is 6.32. The number of aromatic nitrogens is 2. The van der Waals surface area contributed by atoms with Crippen LogP contribution in [0.1, 0.15) is 18.9 Å². The standard InChI is InChI=1S/C15H20ClN3O/c1-2-6-17-11-13-4-3-5-14(16)15(13)20-10-9-19-8-7-18-12-19/h3-5,7-8,12,17H,2,6,9-11H2,1H3. The molecular weight excluding hydrogens is 274 g/mol. The third-order valence-corrected chi connectivity index (χ3v) is 3.24. The van der Waals surface area contributed by atoms with E-state index in [0.29, 0.717) is 11.6 Å². The average Bonchev–Trinajstić information content (AvgIpc) is 2.95. The van der Waals surface area contributed by atoms with Gasteiger partial charge in [-0.25, -0.2) is 4.98 Å². The third kappa shape index (κ3) is 4.25. The van der Waals surface area contributed by atoms with Crippen molar-refractivity contribution in [1.82, 2.24) is 14.9 Å². The number of ether oxygens (including phenoxy) is 1. The van der Waals surface area contributed by atoms with E-state index in [-0.39, 0.29) is 0 Å². The molecule has 1 heterocycles. The van der Waals surface area contributed by atoms with Gasteiger partial charge in [-0.15, -0.1) is 0 Å². The van der Waals surface area contributed by atoms with E-state index in [1.165, 1.54) is 0 Å². The molecule has 0 spiro atoms. The van der Waals surface area contributed by atoms with Gasteiger partial charge in [0.25, 0.3) is 0 Å². The second-order valence-electron chi connectivity index (χ2n) is 4.55. The van der Waals surface area contributed by atoms with Gasteiger partial charge in [0.1, 0.15) is 12.4 Å². The molecule has 0 aliphatic rings. The normalized spacial score (nSPS) is 10.7. The molecule has 0 atom stereocenters. The first-order valence-corrected chi connectivity index (χ1v) is 7.25. The predicted molar refractivity (Wildman–Crippen MR) is 81.2 cm³/mol. The van der Waals surface area contributed by atoms with Crippen LogP contribution in [0.15, 0.2) is 36.9 Å². The van der Waals surface area contributed by atoms with Crippen molar-refractivity contribution in [2.75, 3.05) is 13.2 Å². The van der Waals surface area contributed by atoms with E-state index in [9.17, 15) is 0 Å². The van der Waals surface area contributed by atoms with E-state index in [0.717, 1.165) is 37.4 Å². The number of halogens is 1. The van der Waals surface area contributed by atoms with E-state index in [4.69, 9.17) is 16.3 Å². The number of nitrogens with zero attached hydrogens (tertiary/aromatic N) is 2. The minimum absolute atomic E-state index is 0.570. The lowest BCUT2D eigenvalue weighted by molar-refractivity contribution is 0.295. The van der Waals surface area contributed by atoms with E-state index < -0.39 is 0 Å². The van der Waals surface area contributed by atoms with Crippen molar-refractivity contribution in [1.29, 1.82) is 0 Å². The lowest BCUT2D eigenvalue weighted by Gasteiger charge is -2.14. The highest BCUT2D eigenvalue weighted by atomic mass is 35.5. The van der Waals surface area contributed by atoms with Gasteiger partial charge in [0.05, 0.1) is 17.9 Å². The van der Waals surface area contributed by atoms with Gasteiger partial charge in [0.2, 0.25) is 0 Å². The van der Waals surface area contributed by atoms with Gasteiger partial charge in [-0.1, -0.05) is 30.7 Å². The molecule has 5 heteroatoms. The summed E-state index contributed by atoms with van der Waals surface area (Å²) in [6, 6.07) is 5.85. The summed E-state index contributed by atoms with van der Waals surface area (Å²) in [4.78, 5) is 4.00. The van der Waals surface area contributed by atoms with Crippen LogP contribution in [0.25, 0.3) is 0 Å². The van der Waals surface area contributed by atoms with Crippen LogP contribution in [-0.2, 0) is 13.1 Å². The van der Waals surface area contributed by atoms with Gasteiger partial charge in [-0.3, -0.25) is 0 Å². The summed E-state index contributed by atoms with van der Waals surface area (Å²) in [5.41, 5.74) is 1.09. The zero-order chi connectivity index (χ0) is 14.2. The second kappa shape index (κ2) is 7.92. The first-order chi connectivity index (χ1) is 9.81. The van der Waals surface area contributed by atoms with Gasteiger partial charge < -0.3 is 14.6 Å². The summed E-state index contributed by atoms with van der Waals surface area (Å²) in [6.45, 7) is 5.23. The van der Waals surface area contributed by atoms with Gasteiger partial charge >= 0.3 is 0 Å². The molecule has 1 aromatic heterocycles. The zero-order valence-corrected chi connectivity index (χ0v) is 12.4. The van der Waals surface area contributed by atoms with Crippen LogP contribution >= 0.6 is 11.6 Å². The molecule has 1 aromatic carbocycles. The lowest BCUT2D eigenvalue weighted by Crippen LogP contribution is -2.15. The molecule has 2 rings (SSSR count). The summed E-state index contributed by atoms with van der Waals surface area (Å²) in [5.74, 6) is 0.776. The molecule has 4 nitrogen and oxygen atoms in total. The number of rotatable bonds is 8. The highest BCUT2D eigenvalue weighted by Gasteiger charge is 2.08. The van der Waals surface area contributed by atoms with E-state index >= 15 is 0 Å². The molecule has 0 fully saturated rings. The van der Waals surface area contributed by atoms with Crippen molar-refractivity contribution < 1.29 is 4.74 Å². The average molecular weight is 294 g/mol. The Morgan fingerprint density at radius 1 is 1.40 bits per heavy atom. The topological polar surface area (TPSA) is 39.1 Å². The first kappa shape index (κ1) is 14.9. The van der Waals surface area contributed by atoms with Gasteiger partial charge in [-0.2, -0.15) is 0 Å². The van der Waals surface area contributed by atoms with Crippen molar-refractivity contribution in [3.05, 3.63) is 47.5 Å². The van der Waals surface area contributed by atoms with Crippen LogP contribution in [0.5, 0.6) is 5.75 Å². The molecular formula is C15H20ClN3O. The highest BCUT2D eigenvalue weighted by Crippen LogP contribution is 2.28. The SMILES string of the molecule is CCCNCc1cccc(Cl)c1OCCn1ccnc1. The number of hydrogen-bond donors (Lipinski definition) is 1. The van der Waals surface area contributed by atoms with Gasteiger partial charge in [0.15, 0.2) is 0 Å². The van der Waals surface area contributed by atoms with Crippen molar-refractivity contribution in [3.8, 4) is 5.75 Å². The molecule has 0 saturated carbocycles. The minimum atomic E-state index is 0.570. The smallest absolute Gasteiger partial charge is 0.142 e. The summed E-state index contributed by atoms with van der Waals surface area (Å²) in [5, 5.41) is 4.03. The first-order valence-electron chi connectivity index (χ1n) is 6.88. The molecule has 1 N–H and O–H groups in total. The Kier molecular flexibility index (Phi) is 5.89. The number of hydrogen-bond acceptors (Lipinski definition) is 3. The molecule has 20 heavy (non-hydrogen) atoms. The fourth-order valence-electron chi connectivity index (χ4n) is 1.93. The quantitative estimate of drug-likeness (QED) is 0.760. The minimum Gasteiger partial charge on any atom is -0.490 e.